The Morgan fingerprint density at radius 1 is 1.19 bits per heavy atom. The van der Waals surface area contributed by atoms with Crippen LogP contribution in [0.2, 0.25) is 0 Å². The van der Waals surface area contributed by atoms with Gasteiger partial charge in [0.25, 0.3) is 5.91 Å². The highest BCUT2D eigenvalue weighted by Gasteiger charge is 2.15. The lowest BCUT2D eigenvalue weighted by atomic mass is 10.1. The fraction of sp³-hybridized carbons (Fsp3) is 0.0714. The van der Waals surface area contributed by atoms with Gasteiger partial charge in [0.2, 0.25) is 5.91 Å². The van der Waals surface area contributed by atoms with Crippen molar-refractivity contribution >= 4 is 34.1 Å². The summed E-state index contributed by atoms with van der Waals surface area (Å²) in [5, 5.41) is 12.0. The maximum Gasteiger partial charge on any atom is 0.346 e. The molecule has 0 aliphatic carbocycles. The lowest BCUT2D eigenvalue weighted by Crippen LogP contribution is -2.14. The zero-order chi connectivity index (χ0) is 15.6. The fourth-order valence-electron chi connectivity index (χ4n) is 1.75. The molecule has 4 N–H and O–H groups in total. The third-order valence-corrected chi connectivity index (χ3v) is 3.90. The van der Waals surface area contributed by atoms with Crippen molar-refractivity contribution in [1.29, 1.82) is 0 Å². The quantitative estimate of drug-likeness (QED) is 0.803. The molecule has 0 aliphatic rings. The van der Waals surface area contributed by atoms with Crippen molar-refractivity contribution in [3.05, 3.63) is 51.9 Å². The molecule has 0 saturated carbocycles. The first-order valence-electron chi connectivity index (χ1n) is 5.93. The van der Waals surface area contributed by atoms with Gasteiger partial charge in [0.1, 0.15) is 4.88 Å². The summed E-state index contributed by atoms with van der Waals surface area (Å²) in [5.41, 5.74) is 6.24. The summed E-state index contributed by atoms with van der Waals surface area (Å²) >= 11 is 0.978. The van der Waals surface area contributed by atoms with Gasteiger partial charge in [0.15, 0.2) is 0 Å². The summed E-state index contributed by atoms with van der Waals surface area (Å²) in [6.45, 7) is 1.66. The van der Waals surface area contributed by atoms with E-state index in [1.807, 2.05) is 0 Å². The Labute approximate surface area is 124 Å². The van der Waals surface area contributed by atoms with Gasteiger partial charge in [-0.1, -0.05) is 6.07 Å². The summed E-state index contributed by atoms with van der Waals surface area (Å²) in [6, 6.07) is 7.58. The largest absolute Gasteiger partial charge is 0.477 e. The van der Waals surface area contributed by atoms with Crippen LogP contribution < -0.4 is 11.1 Å². The molecule has 2 amide bonds. The molecule has 0 aliphatic heterocycles. The SMILES string of the molecule is Cc1cc(NC(=O)c2cccc(C(N)=O)c2)sc1C(=O)O. The zero-order valence-corrected chi connectivity index (χ0v) is 11.9. The van der Waals surface area contributed by atoms with Gasteiger partial charge < -0.3 is 16.2 Å². The van der Waals surface area contributed by atoms with Crippen molar-refractivity contribution in [3.8, 4) is 0 Å². The van der Waals surface area contributed by atoms with E-state index in [0.717, 1.165) is 11.3 Å². The van der Waals surface area contributed by atoms with E-state index < -0.39 is 17.8 Å². The molecule has 2 rings (SSSR count). The number of carboxylic acid groups (broad SMARTS) is 1. The number of carbonyl (C=O) groups is 3. The van der Waals surface area contributed by atoms with E-state index in [4.69, 9.17) is 10.8 Å². The number of rotatable bonds is 4. The molecule has 0 saturated heterocycles. The van der Waals surface area contributed by atoms with Crippen LogP contribution in [0.25, 0.3) is 0 Å². The molecule has 108 valence electrons. The van der Waals surface area contributed by atoms with Gasteiger partial charge in [-0.15, -0.1) is 11.3 Å². The predicted octanol–water partition coefficient (Wildman–Crippen LogP) is 2.11. The van der Waals surface area contributed by atoms with Gasteiger partial charge in [0, 0.05) is 11.1 Å². The second-order valence-corrected chi connectivity index (χ2v) is 5.38. The lowest BCUT2D eigenvalue weighted by Gasteiger charge is -2.03. The Kier molecular flexibility index (Phi) is 4.04. The zero-order valence-electron chi connectivity index (χ0n) is 11.0. The number of amides is 2. The van der Waals surface area contributed by atoms with E-state index >= 15 is 0 Å². The van der Waals surface area contributed by atoms with E-state index in [-0.39, 0.29) is 16.0 Å². The molecule has 6 nitrogen and oxygen atoms in total. The average molecular weight is 304 g/mol. The van der Waals surface area contributed by atoms with Crippen LogP contribution in [0.4, 0.5) is 5.00 Å². The minimum atomic E-state index is -1.03. The fourth-order valence-corrected chi connectivity index (χ4v) is 2.66. The van der Waals surface area contributed by atoms with Crippen molar-refractivity contribution in [1.82, 2.24) is 0 Å². The molecule has 7 heteroatoms. The van der Waals surface area contributed by atoms with Crippen LogP contribution in [0.5, 0.6) is 0 Å². The van der Waals surface area contributed by atoms with Crippen molar-refractivity contribution in [3.63, 3.8) is 0 Å². The number of aromatic carboxylic acids is 1. The highest BCUT2D eigenvalue weighted by atomic mass is 32.1. The number of thiophene rings is 1. The summed E-state index contributed by atoms with van der Waals surface area (Å²) in [6.07, 6.45) is 0. The molecule has 1 aromatic carbocycles. The van der Waals surface area contributed by atoms with Gasteiger partial charge in [-0.05, 0) is 36.8 Å². The Morgan fingerprint density at radius 2 is 1.86 bits per heavy atom. The van der Waals surface area contributed by atoms with E-state index in [1.54, 1.807) is 25.1 Å². The molecule has 1 heterocycles. The number of carbonyl (C=O) groups excluding carboxylic acids is 2. The van der Waals surface area contributed by atoms with E-state index in [1.165, 1.54) is 12.1 Å². The molecular weight excluding hydrogens is 292 g/mol. The minimum absolute atomic E-state index is 0.177. The maximum atomic E-state index is 12.1. The number of primary amides is 1. The van der Waals surface area contributed by atoms with Crippen LogP contribution in [0, 0.1) is 6.92 Å². The number of hydrogen-bond donors (Lipinski definition) is 3. The molecule has 0 fully saturated rings. The molecule has 0 atom stereocenters. The normalized spacial score (nSPS) is 10.1. The number of carboxylic acids is 1. The lowest BCUT2D eigenvalue weighted by molar-refractivity contribution is 0.0701. The number of aryl methyl sites for hydroxylation is 1. The van der Waals surface area contributed by atoms with Crippen LogP contribution in [-0.2, 0) is 0 Å². The Bertz CT molecular complexity index is 736. The number of nitrogens with one attached hydrogen (secondary N) is 1. The van der Waals surface area contributed by atoms with Gasteiger partial charge in [-0.25, -0.2) is 4.79 Å². The Hall–Kier alpha value is -2.67. The predicted molar refractivity (Wildman–Crippen MR) is 78.9 cm³/mol. The first-order chi connectivity index (χ1) is 9.88. The molecule has 2 aromatic rings. The number of nitrogens with two attached hydrogens (primary N) is 1. The van der Waals surface area contributed by atoms with Crippen molar-refractivity contribution < 1.29 is 19.5 Å². The van der Waals surface area contributed by atoms with Crippen LogP contribution in [-0.4, -0.2) is 22.9 Å². The second kappa shape index (κ2) is 5.76. The maximum absolute atomic E-state index is 12.1. The average Bonchev–Trinajstić information content (AvgIpc) is 2.79. The second-order valence-electron chi connectivity index (χ2n) is 4.33. The topological polar surface area (TPSA) is 109 Å². The van der Waals surface area contributed by atoms with Crippen LogP contribution in [0.1, 0.15) is 36.0 Å². The number of anilines is 1. The third-order valence-electron chi connectivity index (χ3n) is 2.76. The summed E-state index contributed by atoms with van der Waals surface area (Å²) in [5.74, 6) is -2.09. The summed E-state index contributed by atoms with van der Waals surface area (Å²) in [4.78, 5) is 34.3. The molecule has 0 unspecified atom stereocenters. The smallest absolute Gasteiger partial charge is 0.346 e. The monoisotopic (exact) mass is 304 g/mol. The number of hydrogen-bond acceptors (Lipinski definition) is 4. The van der Waals surface area contributed by atoms with E-state index in [9.17, 15) is 14.4 Å². The van der Waals surface area contributed by atoms with Gasteiger partial charge in [-0.2, -0.15) is 0 Å². The molecule has 0 spiro atoms. The third kappa shape index (κ3) is 3.26. The van der Waals surface area contributed by atoms with E-state index in [0.29, 0.717) is 10.6 Å². The standard InChI is InChI=1S/C14H12N2O4S/c1-7-5-10(21-11(7)14(19)20)16-13(18)9-4-2-3-8(6-9)12(15)17/h2-6H,1H3,(H2,15,17)(H,16,18)(H,19,20). The van der Waals surface area contributed by atoms with Crippen molar-refractivity contribution in [2.75, 3.05) is 5.32 Å². The minimum Gasteiger partial charge on any atom is -0.477 e. The molecule has 1 aromatic heterocycles. The van der Waals surface area contributed by atoms with Crippen molar-refractivity contribution in [2.24, 2.45) is 5.73 Å². The van der Waals surface area contributed by atoms with Crippen LogP contribution in [0.3, 0.4) is 0 Å². The van der Waals surface area contributed by atoms with Gasteiger partial charge >= 0.3 is 5.97 Å². The van der Waals surface area contributed by atoms with Crippen molar-refractivity contribution in [2.45, 2.75) is 6.92 Å². The van der Waals surface area contributed by atoms with Crippen LogP contribution >= 0.6 is 11.3 Å². The molecule has 21 heavy (non-hydrogen) atoms. The van der Waals surface area contributed by atoms with Gasteiger partial charge in [0.05, 0.1) is 5.00 Å². The van der Waals surface area contributed by atoms with E-state index in [2.05, 4.69) is 5.32 Å². The molecule has 0 radical (unpaired) electrons. The highest BCUT2D eigenvalue weighted by molar-refractivity contribution is 7.18. The summed E-state index contributed by atoms with van der Waals surface area (Å²) in [7, 11) is 0. The first kappa shape index (κ1) is 14.7. The first-order valence-corrected chi connectivity index (χ1v) is 6.75. The van der Waals surface area contributed by atoms with Gasteiger partial charge in [-0.3, -0.25) is 9.59 Å². The molecule has 0 bridgehead atoms. The summed E-state index contributed by atoms with van der Waals surface area (Å²) < 4.78 is 0. The molecular formula is C14H12N2O4S. The Morgan fingerprint density at radius 3 is 2.43 bits per heavy atom. The highest BCUT2D eigenvalue weighted by Crippen LogP contribution is 2.27. The number of benzene rings is 1. The Balaban J connectivity index is 2.22. The van der Waals surface area contributed by atoms with Crippen LogP contribution in [0.15, 0.2) is 30.3 Å².